The van der Waals surface area contributed by atoms with Gasteiger partial charge in [0.2, 0.25) is 5.76 Å². The van der Waals surface area contributed by atoms with Crippen LogP contribution in [-0.2, 0) is 0 Å². The summed E-state index contributed by atoms with van der Waals surface area (Å²) in [6.07, 6.45) is 0. The first-order valence-corrected chi connectivity index (χ1v) is 5.98. The first-order valence-electron chi connectivity index (χ1n) is 5.98. The molecule has 5 heteroatoms. The fourth-order valence-electron chi connectivity index (χ4n) is 2.38. The number of aromatic nitrogens is 1. The van der Waals surface area contributed by atoms with E-state index in [1.54, 1.807) is 13.8 Å². The van der Waals surface area contributed by atoms with Gasteiger partial charge in [-0.1, -0.05) is 0 Å². The highest BCUT2D eigenvalue weighted by Gasteiger charge is 2.32. The molecule has 1 aromatic rings. The lowest BCUT2D eigenvalue weighted by Gasteiger charge is -2.38. The van der Waals surface area contributed by atoms with E-state index in [2.05, 4.69) is 10.3 Å². The lowest BCUT2D eigenvalue weighted by Crippen LogP contribution is -2.57. The largest absolute Gasteiger partial charge is 0.436 e. The van der Waals surface area contributed by atoms with Crippen LogP contribution in [0.4, 0.5) is 0 Å². The zero-order chi connectivity index (χ0) is 12.6. The number of nitrogens with one attached hydrogen (secondary N) is 1. The van der Waals surface area contributed by atoms with E-state index in [1.807, 2.05) is 18.7 Å². The zero-order valence-corrected chi connectivity index (χ0v) is 10.8. The predicted molar refractivity (Wildman–Crippen MR) is 63.9 cm³/mol. The van der Waals surface area contributed by atoms with Crippen molar-refractivity contribution in [3.05, 3.63) is 17.3 Å². The molecule has 94 valence electrons. The highest BCUT2D eigenvalue weighted by Crippen LogP contribution is 2.18. The van der Waals surface area contributed by atoms with Crippen molar-refractivity contribution < 1.29 is 9.21 Å². The zero-order valence-electron chi connectivity index (χ0n) is 10.8. The average molecular weight is 237 g/mol. The lowest BCUT2D eigenvalue weighted by molar-refractivity contribution is 0.0509. The number of hydrogen-bond acceptors (Lipinski definition) is 4. The van der Waals surface area contributed by atoms with E-state index in [0.29, 0.717) is 17.3 Å². The minimum atomic E-state index is -0.0513. The number of aryl methyl sites for hydroxylation is 2. The van der Waals surface area contributed by atoms with E-state index in [1.165, 1.54) is 0 Å². The van der Waals surface area contributed by atoms with Gasteiger partial charge in [0.05, 0.1) is 5.69 Å². The molecule has 2 heterocycles. The van der Waals surface area contributed by atoms with Gasteiger partial charge in [0.25, 0.3) is 5.91 Å². The molecule has 17 heavy (non-hydrogen) atoms. The fourth-order valence-corrected chi connectivity index (χ4v) is 2.38. The standard InChI is InChI=1S/C12H19N3O2/c1-7-5-13-6-8(2)15(7)12(16)11-9(3)14-10(4)17-11/h7-8,13H,5-6H2,1-4H3. The lowest BCUT2D eigenvalue weighted by atomic mass is 10.1. The maximum absolute atomic E-state index is 12.4. The van der Waals surface area contributed by atoms with E-state index in [4.69, 9.17) is 4.42 Å². The summed E-state index contributed by atoms with van der Waals surface area (Å²) in [5, 5.41) is 3.30. The molecule has 2 atom stereocenters. The van der Waals surface area contributed by atoms with Gasteiger partial charge < -0.3 is 14.6 Å². The molecule has 1 N–H and O–H groups in total. The Kier molecular flexibility index (Phi) is 3.19. The molecule has 0 radical (unpaired) electrons. The summed E-state index contributed by atoms with van der Waals surface area (Å²) in [6.45, 7) is 9.29. The molecule has 0 aliphatic carbocycles. The van der Waals surface area contributed by atoms with Gasteiger partial charge in [-0.2, -0.15) is 0 Å². The molecule has 5 nitrogen and oxygen atoms in total. The van der Waals surface area contributed by atoms with Crippen molar-refractivity contribution in [1.29, 1.82) is 0 Å². The number of carbonyl (C=O) groups is 1. The third-order valence-corrected chi connectivity index (χ3v) is 3.16. The van der Waals surface area contributed by atoms with Gasteiger partial charge in [-0.3, -0.25) is 4.79 Å². The fraction of sp³-hybridized carbons (Fsp3) is 0.667. The molecule has 1 aromatic heterocycles. The normalized spacial score (nSPS) is 25.1. The van der Waals surface area contributed by atoms with E-state index in [0.717, 1.165) is 13.1 Å². The summed E-state index contributed by atoms with van der Waals surface area (Å²) in [6, 6.07) is 0.354. The van der Waals surface area contributed by atoms with Crippen molar-refractivity contribution in [1.82, 2.24) is 15.2 Å². The van der Waals surface area contributed by atoms with Crippen LogP contribution in [-0.4, -0.2) is 41.0 Å². The number of nitrogens with zero attached hydrogens (tertiary/aromatic N) is 2. The van der Waals surface area contributed by atoms with Crippen molar-refractivity contribution in [2.75, 3.05) is 13.1 Å². The van der Waals surface area contributed by atoms with Crippen LogP contribution < -0.4 is 5.32 Å². The van der Waals surface area contributed by atoms with Gasteiger partial charge in [0.1, 0.15) is 0 Å². The van der Waals surface area contributed by atoms with Crippen molar-refractivity contribution >= 4 is 5.91 Å². The van der Waals surface area contributed by atoms with Crippen LogP contribution in [0.2, 0.25) is 0 Å². The minimum absolute atomic E-state index is 0.0513. The second-order valence-electron chi connectivity index (χ2n) is 4.72. The number of carbonyl (C=O) groups excluding carboxylic acids is 1. The van der Waals surface area contributed by atoms with Crippen LogP contribution in [0, 0.1) is 13.8 Å². The van der Waals surface area contributed by atoms with E-state index >= 15 is 0 Å². The number of piperazine rings is 1. The molecule has 2 unspecified atom stereocenters. The van der Waals surface area contributed by atoms with Crippen molar-refractivity contribution in [2.45, 2.75) is 39.8 Å². The molecule has 1 fully saturated rings. The number of hydrogen-bond donors (Lipinski definition) is 1. The molecule has 0 saturated carbocycles. The Morgan fingerprint density at radius 2 is 1.94 bits per heavy atom. The van der Waals surface area contributed by atoms with E-state index < -0.39 is 0 Å². The Morgan fingerprint density at radius 3 is 2.41 bits per heavy atom. The van der Waals surface area contributed by atoms with Gasteiger partial charge >= 0.3 is 0 Å². The Hall–Kier alpha value is -1.36. The minimum Gasteiger partial charge on any atom is -0.436 e. The van der Waals surface area contributed by atoms with Gasteiger partial charge in [0, 0.05) is 32.1 Å². The molecule has 1 aliphatic heterocycles. The summed E-state index contributed by atoms with van der Waals surface area (Å²) in [4.78, 5) is 18.4. The van der Waals surface area contributed by atoms with Crippen molar-refractivity contribution in [2.24, 2.45) is 0 Å². The molecular formula is C12H19N3O2. The maximum atomic E-state index is 12.4. The second kappa shape index (κ2) is 4.49. The highest BCUT2D eigenvalue weighted by atomic mass is 16.4. The maximum Gasteiger partial charge on any atom is 0.292 e. The molecule has 1 amide bonds. The van der Waals surface area contributed by atoms with Crippen molar-refractivity contribution in [3.8, 4) is 0 Å². The molecule has 0 spiro atoms. The number of oxazole rings is 1. The van der Waals surface area contributed by atoms with Gasteiger partial charge in [-0.05, 0) is 20.8 Å². The van der Waals surface area contributed by atoms with E-state index in [-0.39, 0.29) is 18.0 Å². The predicted octanol–water partition coefficient (Wildman–Crippen LogP) is 1.11. The van der Waals surface area contributed by atoms with Crippen LogP contribution in [0.3, 0.4) is 0 Å². The van der Waals surface area contributed by atoms with Crippen molar-refractivity contribution in [3.63, 3.8) is 0 Å². The van der Waals surface area contributed by atoms with Crippen LogP contribution in [0.1, 0.15) is 36.0 Å². The Balaban J connectivity index is 2.27. The van der Waals surface area contributed by atoms with Gasteiger partial charge in [-0.15, -0.1) is 0 Å². The molecular weight excluding hydrogens is 218 g/mol. The molecule has 0 aromatic carbocycles. The topological polar surface area (TPSA) is 58.4 Å². The molecule has 1 aliphatic rings. The number of amides is 1. The Labute approximate surface area is 101 Å². The Morgan fingerprint density at radius 1 is 1.35 bits per heavy atom. The highest BCUT2D eigenvalue weighted by molar-refractivity contribution is 5.93. The molecule has 2 rings (SSSR count). The summed E-state index contributed by atoms with van der Waals surface area (Å²) < 4.78 is 5.40. The second-order valence-corrected chi connectivity index (χ2v) is 4.72. The summed E-state index contributed by atoms with van der Waals surface area (Å²) in [7, 11) is 0. The quantitative estimate of drug-likeness (QED) is 0.795. The Bertz CT molecular complexity index is 417. The first-order chi connectivity index (χ1) is 8.00. The summed E-state index contributed by atoms with van der Waals surface area (Å²) >= 11 is 0. The smallest absolute Gasteiger partial charge is 0.292 e. The van der Waals surface area contributed by atoms with Gasteiger partial charge in [-0.25, -0.2) is 4.98 Å². The molecule has 1 saturated heterocycles. The van der Waals surface area contributed by atoms with Crippen LogP contribution in [0.5, 0.6) is 0 Å². The average Bonchev–Trinajstić information content (AvgIpc) is 2.57. The summed E-state index contributed by atoms with van der Waals surface area (Å²) in [5.41, 5.74) is 0.672. The number of rotatable bonds is 1. The van der Waals surface area contributed by atoms with Gasteiger partial charge in [0.15, 0.2) is 5.89 Å². The first kappa shape index (κ1) is 12.1. The van der Waals surface area contributed by atoms with Crippen LogP contribution in [0.15, 0.2) is 4.42 Å². The van der Waals surface area contributed by atoms with Crippen LogP contribution in [0.25, 0.3) is 0 Å². The van der Waals surface area contributed by atoms with Crippen LogP contribution >= 0.6 is 0 Å². The molecule has 0 bridgehead atoms. The van der Waals surface area contributed by atoms with E-state index in [9.17, 15) is 4.79 Å². The third kappa shape index (κ3) is 2.20. The SMILES string of the molecule is Cc1nc(C)c(C(=O)N2C(C)CNCC2C)o1. The summed E-state index contributed by atoms with van der Waals surface area (Å²) in [5.74, 6) is 0.869. The third-order valence-electron chi connectivity index (χ3n) is 3.16. The monoisotopic (exact) mass is 237 g/mol.